The molecule has 0 saturated carbocycles. The molecule has 1 aliphatic heterocycles. The van der Waals surface area contributed by atoms with Gasteiger partial charge in [0.2, 0.25) is 5.91 Å². The largest absolute Gasteiger partial charge is 0.409 e. The first-order chi connectivity index (χ1) is 10.1. The van der Waals surface area contributed by atoms with Crippen LogP contribution in [-0.4, -0.2) is 29.7 Å². The first kappa shape index (κ1) is 15.8. The SMILES string of the molecule is CCC1OCCC1C(=O)Nc1ccc(/C(N)=N/O)cc1Br. The van der Waals surface area contributed by atoms with Gasteiger partial charge in [0.15, 0.2) is 5.84 Å². The molecular weight excluding hydrogens is 338 g/mol. The lowest BCUT2D eigenvalue weighted by molar-refractivity contribution is -0.121. The molecule has 0 aliphatic carbocycles. The Balaban J connectivity index is 2.11. The van der Waals surface area contributed by atoms with Gasteiger partial charge >= 0.3 is 0 Å². The van der Waals surface area contributed by atoms with Crippen LogP contribution in [0.4, 0.5) is 5.69 Å². The molecule has 0 bridgehead atoms. The van der Waals surface area contributed by atoms with Gasteiger partial charge in [0, 0.05) is 16.6 Å². The van der Waals surface area contributed by atoms with Crippen molar-refractivity contribution in [3.05, 3.63) is 28.2 Å². The second-order valence-electron chi connectivity index (χ2n) is 4.88. The van der Waals surface area contributed by atoms with E-state index in [0.29, 0.717) is 22.3 Å². The number of halogens is 1. The predicted octanol–water partition coefficient (Wildman–Crippen LogP) is 2.30. The van der Waals surface area contributed by atoms with E-state index in [1.807, 2.05) is 6.92 Å². The summed E-state index contributed by atoms with van der Waals surface area (Å²) < 4.78 is 6.21. The number of rotatable bonds is 4. The number of anilines is 1. The molecule has 1 aliphatic rings. The summed E-state index contributed by atoms with van der Waals surface area (Å²) in [7, 11) is 0. The molecule has 1 aromatic rings. The predicted molar refractivity (Wildman–Crippen MR) is 83.4 cm³/mol. The number of nitrogens with zero attached hydrogens (tertiary/aromatic N) is 1. The number of ether oxygens (including phenoxy) is 1. The summed E-state index contributed by atoms with van der Waals surface area (Å²) in [5, 5.41) is 14.5. The zero-order valence-electron chi connectivity index (χ0n) is 11.7. The standard InChI is InChI=1S/C14H18BrN3O3/c1-2-12-9(5-6-21-12)14(19)17-11-4-3-8(7-10(11)15)13(16)18-20/h3-4,7,9,12,20H,2,5-6H2,1H3,(H2,16,18)(H,17,19). The highest BCUT2D eigenvalue weighted by atomic mass is 79.9. The molecule has 114 valence electrons. The smallest absolute Gasteiger partial charge is 0.230 e. The maximum absolute atomic E-state index is 12.3. The van der Waals surface area contributed by atoms with Gasteiger partial charge in [-0.05, 0) is 47.0 Å². The number of amides is 1. The summed E-state index contributed by atoms with van der Waals surface area (Å²) in [6.45, 7) is 2.64. The molecule has 2 atom stereocenters. The van der Waals surface area contributed by atoms with Gasteiger partial charge in [0.1, 0.15) is 0 Å². The first-order valence-corrected chi connectivity index (χ1v) is 7.56. The fourth-order valence-electron chi connectivity index (χ4n) is 2.41. The normalized spacial score (nSPS) is 22.3. The molecule has 0 spiro atoms. The van der Waals surface area contributed by atoms with Crippen LogP contribution in [0.25, 0.3) is 0 Å². The molecule has 1 fully saturated rings. The average Bonchev–Trinajstić information content (AvgIpc) is 2.97. The molecule has 0 radical (unpaired) electrons. The van der Waals surface area contributed by atoms with E-state index in [-0.39, 0.29) is 23.8 Å². The van der Waals surface area contributed by atoms with Gasteiger partial charge in [0.25, 0.3) is 0 Å². The molecule has 1 heterocycles. The number of oxime groups is 1. The van der Waals surface area contributed by atoms with Gasteiger partial charge < -0.3 is 21.0 Å². The van der Waals surface area contributed by atoms with E-state index >= 15 is 0 Å². The first-order valence-electron chi connectivity index (χ1n) is 6.76. The fourth-order valence-corrected chi connectivity index (χ4v) is 2.89. The minimum absolute atomic E-state index is 0.0137. The molecule has 6 nitrogen and oxygen atoms in total. The number of hydrogen-bond donors (Lipinski definition) is 3. The summed E-state index contributed by atoms with van der Waals surface area (Å²) >= 11 is 3.38. The van der Waals surface area contributed by atoms with Crippen LogP contribution in [0.5, 0.6) is 0 Å². The second kappa shape index (κ2) is 6.91. The van der Waals surface area contributed by atoms with E-state index in [0.717, 1.165) is 12.8 Å². The minimum Gasteiger partial charge on any atom is -0.409 e. The van der Waals surface area contributed by atoms with E-state index in [1.165, 1.54) is 0 Å². The molecule has 7 heteroatoms. The maximum atomic E-state index is 12.3. The van der Waals surface area contributed by atoms with Crippen molar-refractivity contribution in [1.82, 2.24) is 0 Å². The van der Waals surface area contributed by atoms with Crippen LogP contribution in [-0.2, 0) is 9.53 Å². The lowest BCUT2D eigenvalue weighted by Crippen LogP contribution is -2.29. The van der Waals surface area contributed by atoms with E-state index in [1.54, 1.807) is 18.2 Å². The van der Waals surface area contributed by atoms with Crippen LogP contribution >= 0.6 is 15.9 Å². The van der Waals surface area contributed by atoms with Crippen molar-refractivity contribution in [2.45, 2.75) is 25.9 Å². The van der Waals surface area contributed by atoms with Crippen LogP contribution in [0.1, 0.15) is 25.3 Å². The Bertz CT molecular complexity index is 562. The molecule has 1 amide bonds. The number of nitrogens with one attached hydrogen (secondary N) is 1. The van der Waals surface area contributed by atoms with E-state index in [4.69, 9.17) is 15.7 Å². The maximum Gasteiger partial charge on any atom is 0.230 e. The van der Waals surface area contributed by atoms with Gasteiger partial charge in [-0.15, -0.1) is 0 Å². The van der Waals surface area contributed by atoms with Crippen LogP contribution in [0.3, 0.4) is 0 Å². The Labute approximate surface area is 131 Å². The Hall–Kier alpha value is -1.60. The Morgan fingerprint density at radius 3 is 3.00 bits per heavy atom. The summed E-state index contributed by atoms with van der Waals surface area (Å²) in [6, 6.07) is 5.08. The third-order valence-electron chi connectivity index (χ3n) is 3.58. The van der Waals surface area contributed by atoms with Crippen molar-refractivity contribution < 1.29 is 14.7 Å². The van der Waals surface area contributed by atoms with Gasteiger partial charge in [-0.25, -0.2) is 0 Å². The highest BCUT2D eigenvalue weighted by Gasteiger charge is 2.32. The number of amidine groups is 1. The molecule has 1 aromatic carbocycles. The molecule has 1 saturated heterocycles. The van der Waals surface area contributed by atoms with Crippen molar-refractivity contribution in [1.29, 1.82) is 0 Å². The fraction of sp³-hybridized carbons (Fsp3) is 0.429. The third kappa shape index (κ3) is 3.54. The summed E-state index contributed by atoms with van der Waals surface area (Å²) in [6.07, 6.45) is 1.55. The monoisotopic (exact) mass is 355 g/mol. The van der Waals surface area contributed by atoms with Crippen molar-refractivity contribution in [2.24, 2.45) is 16.8 Å². The lowest BCUT2D eigenvalue weighted by atomic mass is 9.98. The zero-order chi connectivity index (χ0) is 15.4. The van der Waals surface area contributed by atoms with Crippen molar-refractivity contribution in [2.75, 3.05) is 11.9 Å². The highest BCUT2D eigenvalue weighted by Crippen LogP contribution is 2.28. The van der Waals surface area contributed by atoms with E-state index in [2.05, 4.69) is 26.4 Å². The number of hydrogen-bond acceptors (Lipinski definition) is 4. The molecule has 0 aromatic heterocycles. The minimum atomic E-state index is -0.120. The van der Waals surface area contributed by atoms with Gasteiger partial charge in [-0.2, -0.15) is 0 Å². The van der Waals surface area contributed by atoms with Crippen LogP contribution in [0, 0.1) is 5.92 Å². The van der Waals surface area contributed by atoms with Crippen molar-refractivity contribution in [3.8, 4) is 0 Å². The number of benzene rings is 1. The van der Waals surface area contributed by atoms with Gasteiger partial charge in [-0.1, -0.05) is 12.1 Å². The average molecular weight is 356 g/mol. The molecule has 2 unspecified atom stereocenters. The highest BCUT2D eigenvalue weighted by molar-refractivity contribution is 9.10. The number of carbonyl (C=O) groups excluding carboxylic acids is 1. The topological polar surface area (TPSA) is 96.9 Å². The molecule has 4 N–H and O–H groups in total. The second-order valence-corrected chi connectivity index (χ2v) is 5.74. The summed E-state index contributed by atoms with van der Waals surface area (Å²) in [5.41, 5.74) is 6.74. The molecule has 21 heavy (non-hydrogen) atoms. The summed E-state index contributed by atoms with van der Waals surface area (Å²) in [4.78, 5) is 12.3. The third-order valence-corrected chi connectivity index (χ3v) is 4.24. The quantitative estimate of drug-likeness (QED) is 0.334. The molecular formula is C14H18BrN3O3. The van der Waals surface area contributed by atoms with E-state index in [9.17, 15) is 4.79 Å². The summed E-state index contributed by atoms with van der Waals surface area (Å²) in [5.74, 6) is -0.147. The van der Waals surface area contributed by atoms with Gasteiger partial charge in [-0.3, -0.25) is 4.79 Å². The lowest BCUT2D eigenvalue weighted by Gasteiger charge is -2.17. The van der Waals surface area contributed by atoms with Gasteiger partial charge in [0.05, 0.1) is 17.7 Å². The van der Waals surface area contributed by atoms with Crippen LogP contribution in [0.15, 0.2) is 27.8 Å². The Kier molecular flexibility index (Phi) is 5.19. The van der Waals surface area contributed by atoms with Crippen LogP contribution < -0.4 is 11.1 Å². The number of nitrogens with two attached hydrogens (primary N) is 1. The Morgan fingerprint density at radius 1 is 1.62 bits per heavy atom. The molecule has 2 rings (SSSR count). The zero-order valence-corrected chi connectivity index (χ0v) is 13.3. The number of carbonyl (C=O) groups is 1. The van der Waals surface area contributed by atoms with Crippen molar-refractivity contribution in [3.63, 3.8) is 0 Å². The Morgan fingerprint density at radius 2 is 2.38 bits per heavy atom. The van der Waals surface area contributed by atoms with Crippen LogP contribution in [0.2, 0.25) is 0 Å². The van der Waals surface area contributed by atoms with Crippen molar-refractivity contribution >= 4 is 33.4 Å². The van der Waals surface area contributed by atoms with E-state index < -0.39 is 0 Å².